The minimum absolute atomic E-state index is 0.0568. The predicted molar refractivity (Wildman–Crippen MR) is 108 cm³/mol. The third-order valence-corrected chi connectivity index (χ3v) is 5.82. The van der Waals surface area contributed by atoms with E-state index in [4.69, 9.17) is 11.6 Å². The monoisotopic (exact) mass is 374 g/mol. The molecule has 1 heterocycles. The van der Waals surface area contributed by atoms with Gasteiger partial charge in [0.25, 0.3) is 0 Å². The lowest BCUT2D eigenvalue weighted by Gasteiger charge is -2.25. The fourth-order valence-corrected chi connectivity index (χ4v) is 4.21. The van der Waals surface area contributed by atoms with Crippen molar-refractivity contribution >= 4 is 35.1 Å². The summed E-state index contributed by atoms with van der Waals surface area (Å²) >= 11 is 7.70. The van der Waals surface area contributed by atoms with Crippen LogP contribution in [0.25, 0.3) is 0 Å². The van der Waals surface area contributed by atoms with Gasteiger partial charge in [0.05, 0.1) is 0 Å². The van der Waals surface area contributed by atoms with E-state index in [1.807, 2.05) is 17.0 Å². The van der Waals surface area contributed by atoms with Crippen LogP contribution in [0.2, 0.25) is 5.02 Å². The molecule has 0 radical (unpaired) electrons. The quantitative estimate of drug-likeness (QED) is 0.707. The molecule has 1 aliphatic rings. The number of thioether (sulfide) groups is 1. The van der Waals surface area contributed by atoms with Crippen LogP contribution >= 0.6 is 23.4 Å². The molecule has 1 aliphatic heterocycles. The Kier molecular flexibility index (Phi) is 5.30. The number of nitrogens with one attached hydrogen (secondary N) is 1. The van der Waals surface area contributed by atoms with Gasteiger partial charge in [0.15, 0.2) is 0 Å². The molecule has 132 valence electrons. The first-order chi connectivity index (χ1) is 11.8. The molecule has 0 spiro atoms. The second-order valence-corrected chi connectivity index (χ2v) is 8.85. The van der Waals surface area contributed by atoms with Gasteiger partial charge in [-0.2, -0.15) is 0 Å². The zero-order chi connectivity index (χ0) is 18.0. The van der Waals surface area contributed by atoms with Crippen molar-refractivity contribution in [1.82, 2.24) is 4.90 Å². The number of rotatable bonds is 2. The summed E-state index contributed by atoms with van der Waals surface area (Å²) < 4.78 is 0. The lowest BCUT2D eigenvalue weighted by Crippen LogP contribution is -2.34. The molecule has 0 saturated carbocycles. The van der Waals surface area contributed by atoms with E-state index in [2.05, 4.69) is 50.4 Å². The number of carbonyl (C=O) groups excluding carboxylic acids is 1. The van der Waals surface area contributed by atoms with Crippen molar-refractivity contribution < 1.29 is 4.79 Å². The van der Waals surface area contributed by atoms with Gasteiger partial charge in [-0.25, -0.2) is 4.79 Å². The molecule has 2 amide bonds. The third-order valence-electron chi connectivity index (χ3n) is 4.31. The normalized spacial score (nSPS) is 17.6. The maximum atomic E-state index is 12.7. The molecular formula is C20H23ClN2OS. The van der Waals surface area contributed by atoms with Crippen LogP contribution in [0.4, 0.5) is 10.5 Å². The van der Waals surface area contributed by atoms with Crippen molar-refractivity contribution in [3.8, 4) is 0 Å². The number of benzene rings is 2. The van der Waals surface area contributed by atoms with Crippen LogP contribution in [0, 0.1) is 0 Å². The highest BCUT2D eigenvalue weighted by atomic mass is 35.5. The summed E-state index contributed by atoms with van der Waals surface area (Å²) in [4.78, 5) is 14.6. The van der Waals surface area contributed by atoms with E-state index >= 15 is 0 Å². The van der Waals surface area contributed by atoms with Crippen LogP contribution in [-0.4, -0.2) is 23.2 Å². The van der Waals surface area contributed by atoms with E-state index < -0.39 is 0 Å². The molecule has 0 aliphatic carbocycles. The molecule has 1 fully saturated rings. The largest absolute Gasteiger partial charge is 0.323 e. The van der Waals surface area contributed by atoms with Crippen LogP contribution in [0.3, 0.4) is 0 Å². The number of hydrogen-bond acceptors (Lipinski definition) is 2. The van der Waals surface area contributed by atoms with E-state index in [9.17, 15) is 4.79 Å². The van der Waals surface area contributed by atoms with Crippen molar-refractivity contribution in [3.05, 3.63) is 64.7 Å². The Morgan fingerprint density at radius 2 is 1.76 bits per heavy atom. The molecule has 2 aromatic rings. The minimum atomic E-state index is -0.0720. The number of carbonyl (C=O) groups is 1. The van der Waals surface area contributed by atoms with Crippen molar-refractivity contribution in [2.45, 2.75) is 31.6 Å². The molecule has 2 aromatic carbocycles. The Morgan fingerprint density at radius 3 is 2.36 bits per heavy atom. The van der Waals surface area contributed by atoms with Crippen molar-refractivity contribution in [3.63, 3.8) is 0 Å². The van der Waals surface area contributed by atoms with Gasteiger partial charge in [0.1, 0.15) is 5.37 Å². The zero-order valence-electron chi connectivity index (χ0n) is 14.8. The molecule has 5 heteroatoms. The Balaban J connectivity index is 1.73. The summed E-state index contributed by atoms with van der Waals surface area (Å²) in [6, 6.07) is 15.7. The summed E-state index contributed by atoms with van der Waals surface area (Å²) in [6.07, 6.45) is 0. The van der Waals surface area contributed by atoms with Gasteiger partial charge >= 0.3 is 6.03 Å². The van der Waals surface area contributed by atoms with Gasteiger partial charge in [0, 0.05) is 23.0 Å². The van der Waals surface area contributed by atoms with Gasteiger partial charge in [0.2, 0.25) is 0 Å². The van der Waals surface area contributed by atoms with E-state index in [-0.39, 0.29) is 16.8 Å². The Bertz CT molecular complexity index is 738. The fourth-order valence-electron chi connectivity index (χ4n) is 2.83. The highest BCUT2D eigenvalue weighted by Crippen LogP contribution is 2.38. The topological polar surface area (TPSA) is 32.3 Å². The first-order valence-electron chi connectivity index (χ1n) is 8.40. The lowest BCUT2D eigenvalue weighted by atomic mass is 9.87. The summed E-state index contributed by atoms with van der Waals surface area (Å²) in [7, 11) is 0. The van der Waals surface area contributed by atoms with Crippen LogP contribution < -0.4 is 5.32 Å². The Morgan fingerprint density at radius 1 is 1.12 bits per heavy atom. The maximum absolute atomic E-state index is 12.7. The molecule has 0 aromatic heterocycles. The minimum Gasteiger partial charge on any atom is -0.308 e. The number of urea groups is 1. The van der Waals surface area contributed by atoms with Gasteiger partial charge < -0.3 is 10.2 Å². The van der Waals surface area contributed by atoms with Gasteiger partial charge in [-0.3, -0.25) is 0 Å². The average Bonchev–Trinajstić information content (AvgIpc) is 3.06. The van der Waals surface area contributed by atoms with E-state index in [1.54, 1.807) is 23.9 Å². The third kappa shape index (κ3) is 4.31. The van der Waals surface area contributed by atoms with Gasteiger partial charge in [-0.1, -0.05) is 56.6 Å². The van der Waals surface area contributed by atoms with Crippen LogP contribution in [-0.2, 0) is 5.41 Å². The Hall–Kier alpha value is -1.65. The Labute approximate surface area is 158 Å². The zero-order valence-corrected chi connectivity index (χ0v) is 16.3. The lowest BCUT2D eigenvalue weighted by molar-refractivity contribution is 0.214. The first kappa shape index (κ1) is 18.2. The van der Waals surface area contributed by atoms with E-state index in [0.717, 1.165) is 18.0 Å². The number of hydrogen-bond donors (Lipinski definition) is 1. The summed E-state index contributed by atoms with van der Waals surface area (Å²) in [5.74, 6) is 0.944. The van der Waals surface area contributed by atoms with Crippen molar-refractivity contribution in [1.29, 1.82) is 0 Å². The summed E-state index contributed by atoms with van der Waals surface area (Å²) in [6.45, 7) is 7.37. The highest BCUT2D eigenvalue weighted by molar-refractivity contribution is 7.99. The highest BCUT2D eigenvalue weighted by Gasteiger charge is 2.31. The molecule has 3 nitrogen and oxygen atoms in total. The molecule has 1 saturated heterocycles. The SMILES string of the molecule is CC(C)(C)c1ccc([C@@H]2SCCN2C(=O)Nc2ccc(Cl)cc2)cc1. The molecule has 3 rings (SSSR count). The van der Waals surface area contributed by atoms with Crippen molar-refractivity contribution in [2.24, 2.45) is 0 Å². The predicted octanol–water partition coefficient (Wildman–Crippen LogP) is 5.92. The molecule has 1 atom stereocenters. The smallest absolute Gasteiger partial charge is 0.308 e. The number of anilines is 1. The van der Waals surface area contributed by atoms with Crippen LogP contribution in [0.1, 0.15) is 37.3 Å². The van der Waals surface area contributed by atoms with E-state index in [0.29, 0.717) is 5.02 Å². The number of halogens is 1. The second-order valence-electron chi connectivity index (χ2n) is 7.23. The van der Waals surface area contributed by atoms with E-state index in [1.165, 1.54) is 11.1 Å². The molecular weight excluding hydrogens is 352 g/mol. The summed E-state index contributed by atoms with van der Waals surface area (Å²) in [5.41, 5.74) is 3.36. The first-order valence-corrected chi connectivity index (χ1v) is 9.82. The second kappa shape index (κ2) is 7.30. The fraction of sp³-hybridized carbons (Fsp3) is 0.350. The van der Waals surface area contributed by atoms with Crippen LogP contribution in [0.15, 0.2) is 48.5 Å². The summed E-state index contributed by atoms with van der Waals surface area (Å²) in [5, 5.41) is 3.68. The maximum Gasteiger partial charge on any atom is 0.323 e. The van der Waals surface area contributed by atoms with Gasteiger partial charge in [-0.15, -0.1) is 11.8 Å². The number of amides is 2. The standard InChI is InChI=1S/C20H23ClN2OS/c1-20(2,3)15-6-4-14(5-7-15)18-23(12-13-25-18)19(24)22-17-10-8-16(21)9-11-17/h4-11,18H,12-13H2,1-3H3,(H,22,24)/t18-/m0/s1. The molecule has 0 bridgehead atoms. The molecule has 25 heavy (non-hydrogen) atoms. The van der Waals surface area contributed by atoms with Crippen LogP contribution in [0.5, 0.6) is 0 Å². The average molecular weight is 375 g/mol. The van der Waals surface area contributed by atoms with Crippen molar-refractivity contribution in [2.75, 3.05) is 17.6 Å². The molecule has 1 N–H and O–H groups in total. The molecule has 0 unspecified atom stereocenters. The van der Waals surface area contributed by atoms with Gasteiger partial charge in [-0.05, 0) is 40.8 Å². The number of nitrogens with zero attached hydrogens (tertiary/aromatic N) is 1.